The molecule has 0 saturated carbocycles. The predicted molar refractivity (Wildman–Crippen MR) is 133 cm³/mol. The fourth-order valence-electron chi connectivity index (χ4n) is 3.63. The summed E-state index contributed by atoms with van der Waals surface area (Å²) in [6, 6.07) is 18.3. The summed E-state index contributed by atoms with van der Waals surface area (Å²) in [5, 5.41) is 3.22. The van der Waals surface area contributed by atoms with E-state index in [9.17, 15) is 9.59 Å². The largest absolute Gasteiger partial charge is 0.484 e. The summed E-state index contributed by atoms with van der Waals surface area (Å²) in [4.78, 5) is 25.3. The fraction of sp³-hybridized carbons (Fsp3) is 0.214. The topological polar surface area (TPSA) is 77.8 Å². The van der Waals surface area contributed by atoms with Crippen LogP contribution in [0.2, 0.25) is 0 Å². The molecule has 4 aromatic rings. The van der Waals surface area contributed by atoms with E-state index in [1.807, 2.05) is 56.3 Å². The molecule has 34 heavy (non-hydrogen) atoms. The molecule has 6 nitrogen and oxygen atoms in total. The first kappa shape index (κ1) is 23.1. The predicted octanol–water partition coefficient (Wildman–Crippen LogP) is 6.34. The summed E-state index contributed by atoms with van der Waals surface area (Å²) >= 11 is 0. The molecule has 3 aromatic carbocycles. The van der Waals surface area contributed by atoms with Crippen LogP contribution >= 0.6 is 0 Å². The molecule has 0 atom stereocenters. The molecule has 0 aliphatic carbocycles. The van der Waals surface area contributed by atoms with Gasteiger partial charge in [-0.2, -0.15) is 0 Å². The SMILES string of the molecule is Cc1ccc(C)c(NC(=O)COc2ccc3c(=O)c(Oc4ccccc4C(C)C)coc3c2)c1. The maximum Gasteiger partial charge on any atom is 0.262 e. The highest BCUT2D eigenvalue weighted by Crippen LogP contribution is 2.30. The number of nitrogens with one attached hydrogen (secondary N) is 1. The van der Waals surface area contributed by atoms with E-state index in [0.29, 0.717) is 22.5 Å². The molecule has 0 saturated heterocycles. The smallest absolute Gasteiger partial charge is 0.262 e. The molecule has 0 unspecified atom stereocenters. The number of hydrogen-bond acceptors (Lipinski definition) is 5. The second kappa shape index (κ2) is 9.83. The van der Waals surface area contributed by atoms with Crippen LogP contribution in [0.25, 0.3) is 11.0 Å². The molecule has 1 aromatic heterocycles. The molecule has 0 bridgehead atoms. The second-order valence-electron chi connectivity index (χ2n) is 8.54. The van der Waals surface area contributed by atoms with E-state index < -0.39 is 0 Å². The molecular weight excluding hydrogens is 430 g/mol. The van der Waals surface area contributed by atoms with Crippen molar-refractivity contribution in [2.45, 2.75) is 33.6 Å². The van der Waals surface area contributed by atoms with Gasteiger partial charge in [-0.05, 0) is 60.7 Å². The molecule has 1 amide bonds. The average Bonchev–Trinajstić information content (AvgIpc) is 2.82. The van der Waals surface area contributed by atoms with Gasteiger partial charge < -0.3 is 19.2 Å². The number of rotatable bonds is 7. The first-order valence-electron chi connectivity index (χ1n) is 11.1. The van der Waals surface area contributed by atoms with Crippen LogP contribution in [0.3, 0.4) is 0 Å². The number of para-hydroxylation sites is 1. The van der Waals surface area contributed by atoms with Crippen LogP contribution in [0.1, 0.15) is 36.5 Å². The van der Waals surface area contributed by atoms with Gasteiger partial charge in [0.1, 0.15) is 23.3 Å². The molecule has 0 radical (unpaired) electrons. The van der Waals surface area contributed by atoms with Crippen molar-refractivity contribution in [2.24, 2.45) is 0 Å². The molecule has 174 valence electrons. The third-order valence-electron chi connectivity index (χ3n) is 5.51. The number of benzene rings is 3. The van der Waals surface area contributed by atoms with Crippen molar-refractivity contribution in [3.63, 3.8) is 0 Å². The normalized spacial score (nSPS) is 11.0. The monoisotopic (exact) mass is 457 g/mol. The van der Waals surface area contributed by atoms with Crippen molar-refractivity contribution in [3.05, 3.63) is 93.8 Å². The Labute approximate surface area is 198 Å². The molecule has 1 N–H and O–H groups in total. The van der Waals surface area contributed by atoms with Crippen LogP contribution in [-0.2, 0) is 4.79 Å². The summed E-state index contributed by atoms with van der Waals surface area (Å²) in [6.07, 6.45) is 1.30. The highest BCUT2D eigenvalue weighted by molar-refractivity contribution is 5.92. The lowest BCUT2D eigenvalue weighted by atomic mass is 10.0. The van der Waals surface area contributed by atoms with Crippen LogP contribution in [0.15, 0.2) is 76.1 Å². The summed E-state index contributed by atoms with van der Waals surface area (Å²) < 4.78 is 17.2. The lowest BCUT2D eigenvalue weighted by molar-refractivity contribution is -0.118. The van der Waals surface area contributed by atoms with Gasteiger partial charge >= 0.3 is 0 Å². The molecule has 1 heterocycles. The van der Waals surface area contributed by atoms with E-state index in [1.54, 1.807) is 18.2 Å². The Kier molecular flexibility index (Phi) is 6.68. The van der Waals surface area contributed by atoms with Gasteiger partial charge in [0.15, 0.2) is 6.61 Å². The number of ether oxygens (including phenoxy) is 2. The Balaban J connectivity index is 1.48. The minimum atomic E-state index is -0.279. The molecular formula is C28H27NO5. The third-order valence-corrected chi connectivity index (χ3v) is 5.51. The van der Waals surface area contributed by atoms with Crippen molar-refractivity contribution in [3.8, 4) is 17.2 Å². The van der Waals surface area contributed by atoms with Gasteiger partial charge in [0.25, 0.3) is 5.91 Å². The highest BCUT2D eigenvalue weighted by Gasteiger charge is 2.14. The molecule has 0 fully saturated rings. The number of fused-ring (bicyclic) bond motifs is 1. The van der Waals surface area contributed by atoms with Crippen LogP contribution in [-0.4, -0.2) is 12.5 Å². The third kappa shape index (κ3) is 5.12. The Morgan fingerprint density at radius 2 is 1.79 bits per heavy atom. The summed E-state index contributed by atoms with van der Waals surface area (Å²) in [5.74, 6) is 1.13. The lowest BCUT2D eigenvalue weighted by Gasteiger charge is -2.13. The maximum absolute atomic E-state index is 13.0. The van der Waals surface area contributed by atoms with Crippen molar-refractivity contribution >= 4 is 22.6 Å². The Morgan fingerprint density at radius 1 is 1.00 bits per heavy atom. The van der Waals surface area contributed by atoms with Gasteiger partial charge in [-0.25, -0.2) is 0 Å². The summed E-state index contributed by atoms with van der Waals surface area (Å²) in [6.45, 7) is 7.86. The van der Waals surface area contributed by atoms with Crippen molar-refractivity contribution in [2.75, 3.05) is 11.9 Å². The van der Waals surface area contributed by atoms with E-state index in [1.165, 1.54) is 6.26 Å². The first-order valence-corrected chi connectivity index (χ1v) is 11.1. The molecule has 0 spiro atoms. The number of amides is 1. The Hall–Kier alpha value is -4.06. The number of carbonyl (C=O) groups excluding carboxylic acids is 1. The standard InChI is InChI=1S/C28H27NO5/c1-17(2)21-7-5-6-8-24(21)34-26-15-33-25-14-20(11-12-22(25)28(26)31)32-16-27(30)29-23-13-18(3)9-10-19(23)4/h5-15,17H,16H2,1-4H3,(H,29,30). The zero-order chi connectivity index (χ0) is 24.2. The zero-order valence-electron chi connectivity index (χ0n) is 19.7. The van der Waals surface area contributed by atoms with Crippen LogP contribution in [0.5, 0.6) is 17.2 Å². The van der Waals surface area contributed by atoms with Gasteiger partial charge in [0.05, 0.1) is 5.39 Å². The zero-order valence-corrected chi connectivity index (χ0v) is 19.7. The van der Waals surface area contributed by atoms with E-state index in [-0.39, 0.29) is 29.6 Å². The van der Waals surface area contributed by atoms with Crippen LogP contribution < -0.4 is 20.2 Å². The highest BCUT2D eigenvalue weighted by atomic mass is 16.5. The molecule has 6 heteroatoms. The first-order chi connectivity index (χ1) is 16.3. The van der Waals surface area contributed by atoms with Gasteiger partial charge in [0.2, 0.25) is 11.2 Å². The average molecular weight is 458 g/mol. The van der Waals surface area contributed by atoms with E-state index in [0.717, 1.165) is 22.4 Å². The quantitative estimate of drug-likeness (QED) is 0.350. The minimum absolute atomic E-state index is 0.113. The van der Waals surface area contributed by atoms with Gasteiger partial charge in [0, 0.05) is 11.8 Å². The molecule has 0 aliphatic rings. The van der Waals surface area contributed by atoms with Gasteiger partial charge in [-0.15, -0.1) is 0 Å². The van der Waals surface area contributed by atoms with Gasteiger partial charge in [-0.3, -0.25) is 9.59 Å². The fourth-order valence-corrected chi connectivity index (χ4v) is 3.63. The number of anilines is 1. The summed E-state index contributed by atoms with van der Waals surface area (Å²) in [5.41, 5.74) is 3.86. The minimum Gasteiger partial charge on any atom is -0.484 e. The van der Waals surface area contributed by atoms with Crippen LogP contribution in [0, 0.1) is 13.8 Å². The van der Waals surface area contributed by atoms with E-state index in [2.05, 4.69) is 19.2 Å². The number of hydrogen-bond donors (Lipinski definition) is 1. The summed E-state index contributed by atoms with van der Waals surface area (Å²) in [7, 11) is 0. The van der Waals surface area contributed by atoms with Crippen molar-refractivity contribution in [1.82, 2.24) is 0 Å². The van der Waals surface area contributed by atoms with Crippen LogP contribution in [0.4, 0.5) is 5.69 Å². The number of aryl methyl sites for hydroxylation is 2. The maximum atomic E-state index is 13.0. The number of carbonyl (C=O) groups is 1. The van der Waals surface area contributed by atoms with E-state index in [4.69, 9.17) is 13.9 Å². The second-order valence-corrected chi connectivity index (χ2v) is 8.54. The van der Waals surface area contributed by atoms with Crippen molar-refractivity contribution in [1.29, 1.82) is 0 Å². The Morgan fingerprint density at radius 3 is 2.59 bits per heavy atom. The molecule has 4 rings (SSSR count). The lowest BCUT2D eigenvalue weighted by Crippen LogP contribution is -2.20. The Bertz CT molecular complexity index is 1400. The molecule has 0 aliphatic heterocycles. The van der Waals surface area contributed by atoms with Gasteiger partial charge in [-0.1, -0.05) is 44.2 Å². The van der Waals surface area contributed by atoms with Crippen molar-refractivity contribution < 1.29 is 18.7 Å². The van der Waals surface area contributed by atoms with E-state index >= 15 is 0 Å².